The first-order chi connectivity index (χ1) is 6.78. The van der Waals surface area contributed by atoms with Crippen LogP contribution in [0.2, 0.25) is 0 Å². The van der Waals surface area contributed by atoms with E-state index in [-0.39, 0.29) is 0 Å². The molecule has 2 nitrogen and oxygen atoms in total. The van der Waals surface area contributed by atoms with Gasteiger partial charge in [0.15, 0.2) is 0 Å². The van der Waals surface area contributed by atoms with Gasteiger partial charge in [0.1, 0.15) is 0 Å². The first-order valence-corrected chi connectivity index (χ1v) is 6.18. The fraction of sp³-hybridized carbons (Fsp3) is 1.00. The Labute approximate surface area is 90.1 Å². The van der Waals surface area contributed by atoms with Crippen molar-refractivity contribution >= 4 is 0 Å². The third-order valence-corrected chi connectivity index (χ3v) is 3.00. The van der Waals surface area contributed by atoms with E-state index in [1.165, 1.54) is 45.3 Å². The highest BCUT2D eigenvalue weighted by Crippen LogP contribution is 2.05. The van der Waals surface area contributed by atoms with Crippen molar-refractivity contribution in [3.05, 3.63) is 0 Å². The molecule has 1 unspecified atom stereocenters. The molecule has 0 aliphatic heterocycles. The number of unbranched alkanes of at least 4 members (excludes halogenated alkanes) is 1. The van der Waals surface area contributed by atoms with Crippen LogP contribution in [-0.2, 0) is 0 Å². The lowest BCUT2D eigenvalue weighted by atomic mass is 10.1. The zero-order valence-electron chi connectivity index (χ0n) is 10.5. The van der Waals surface area contributed by atoms with Crippen molar-refractivity contribution in [3.8, 4) is 0 Å². The molecule has 0 spiro atoms. The Morgan fingerprint density at radius 1 is 1.07 bits per heavy atom. The fourth-order valence-electron chi connectivity index (χ4n) is 1.76. The van der Waals surface area contributed by atoms with E-state index < -0.39 is 0 Å². The van der Waals surface area contributed by atoms with Crippen LogP contribution >= 0.6 is 0 Å². The van der Waals surface area contributed by atoms with Crippen LogP contribution in [0.3, 0.4) is 0 Å². The quantitative estimate of drug-likeness (QED) is 0.615. The monoisotopic (exact) mass is 200 g/mol. The molecule has 0 radical (unpaired) electrons. The number of hydrogen-bond acceptors (Lipinski definition) is 2. The van der Waals surface area contributed by atoms with Gasteiger partial charge in [-0.05, 0) is 39.5 Å². The van der Waals surface area contributed by atoms with Gasteiger partial charge in [0.05, 0.1) is 0 Å². The Morgan fingerprint density at radius 3 is 2.14 bits per heavy atom. The molecular formula is C12H28N2. The van der Waals surface area contributed by atoms with Crippen LogP contribution < -0.4 is 5.32 Å². The molecule has 1 N–H and O–H groups in total. The van der Waals surface area contributed by atoms with E-state index in [2.05, 4.69) is 38.0 Å². The predicted molar refractivity (Wildman–Crippen MR) is 64.8 cm³/mol. The van der Waals surface area contributed by atoms with Gasteiger partial charge in [-0.2, -0.15) is 0 Å². The highest BCUT2D eigenvalue weighted by atomic mass is 15.1. The van der Waals surface area contributed by atoms with Crippen molar-refractivity contribution < 1.29 is 0 Å². The second kappa shape index (κ2) is 9.47. The van der Waals surface area contributed by atoms with E-state index in [9.17, 15) is 0 Å². The van der Waals surface area contributed by atoms with Gasteiger partial charge in [0.25, 0.3) is 0 Å². The van der Waals surface area contributed by atoms with Crippen LogP contribution in [0.25, 0.3) is 0 Å². The number of nitrogens with one attached hydrogen (secondary N) is 1. The molecular weight excluding hydrogens is 172 g/mol. The molecule has 14 heavy (non-hydrogen) atoms. The van der Waals surface area contributed by atoms with Crippen molar-refractivity contribution in [2.24, 2.45) is 0 Å². The van der Waals surface area contributed by atoms with E-state index in [1.54, 1.807) is 0 Å². The number of rotatable bonds is 9. The Balaban J connectivity index is 3.59. The van der Waals surface area contributed by atoms with Gasteiger partial charge in [-0.1, -0.05) is 33.6 Å². The molecule has 1 atom stereocenters. The van der Waals surface area contributed by atoms with E-state index in [4.69, 9.17) is 0 Å². The van der Waals surface area contributed by atoms with Crippen LogP contribution in [-0.4, -0.2) is 37.6 Å². The molecule has 2 heteroatoms. The molecule has 0 amide bonds. The van der Waals surface area contributed by atoms with Crippen molar-refractivity contribution in [2.75, 3.05) is 26.7 Å². The first kappa shape index (κ1) is 13.9. The van der Waals surface area contributed by atoms with E-state index in [0.29, 0.717) is 0 Å². The van der Waals surface area contributed by atoms with Gasteiger partial charge in [-0.3, -0.25) is 0 Å². The average molecular weight is 200 g/mol. The maximum absolute atomic E-state index is 3.41. The molecule has 0 bridgehead atoms. The summed E-state index contributed by atoms with van der Waals surface area (Å²) < 4.78 is 0. The lowest BCUT2D eigenvalue weighted by Crippen LogP contribution is -2.32. The first-order valence-electron chi connectivity index (χ1n) is 6.18. The molecule has 0 rings (SSSR count). The molecule has 0 aliphatic rings. The summed E-state index contributed by atoms with van der Waals surface area (Å²) in [5.74, 6) is 0. The summed E-state index contributed by atoms with van der Waals surface area (Å²) in [6.45, 7) is 10.3. The van der Waals surface area contributed by atoms with Crippen LogP contribution in [0.1, 0.15) is 46.5 Å². The lowest BCUT2D eigenvalue weighted by Gasteiger charge is -2.22. The zero-order chi connectivity index (χ0) is 10.8. The minimum Gasteiger partial charge on any atom is -0.317 e. The summed E-state index contributed by atoms with van der Waals surface area (Å²) in [5.41, 5.74) is 0. The summed E-state index contributed by atoms with van der Waals surface area (Å²) in [6.07, 6.45) is 5.28. The summed E-state index contributed by atoms with van der Waals surface area (Å²) in [5, 5.41) is 3.41. The molecule has 0 aromatic heterocycles. The lowest BCUT2D eigenvalue weighted by molar-refractivity contribution is 0.279. The minimum atomic E-state index is 0.718. The number of hydrogen-bond donors (Lipinski definition) is 1. The van der Waals surface area contributed by atoms with Gasteiger partial charge in [0.2, 0.25) is 0 Å². The molecule has 0 aromatic rings. The zero-order valence-corrected chi connectivity index (χ0v) is 10.5. The molecule has 86 valence electrons. The topological polar surface area (TPSA) is 15.3 Å². The third-order valence-electron chi connectivity index (χ3n) is 3.00. The maximum Gasteiger partial charge on any atom is 0.00762 e. The average Bonchev–Trinajstić information content (AvgIpc) is 2.23. The van der Waals surface area contributed by atoms with Crippen molar-refractivity contribution in [3.63, 3.8) is 0 Å². The largest absolute Gasteiger partial charge is 0.317 e. The van der Waals surface area contributed by atoms with Gasteiger partial charge in [-0.25, -0.2) is 0 Å². The molecule has 0 saturated carbocycles. The summed E-state index contributed by atoms with van der Waals surface area (Å²) in [6, 6.07) is 0.718. The van der Waals surface area contributed by atoms with Crippen LogP contribution in [0.4, 0.5) is 0 Å². The summed E-state index contributed by atoms with van der Waals surface area (Å²) in [4.78, 5) is 2.50. The normalized spacial score (nSPS) is 13.5. The van der Waals surface area contributed by atoms with Gasteiger partial charge < -0.3 is 10.2 Å². The highest BCUT2D eigenvalue weighted by molar-refractivity contribution is 4.66. The number of nitrogens with zero attached hydrogens (tertiary/aromatic N) is 1. The van der Waals surface area contributed by atoms with Crippen LogP contribution in [0.5, 0.6) is 0 Å². The minimum absolute atomic E-state index is 0.718. The summed E-state index contributed by atoms with van der Waals surface area (Å²) >= 11 is 0. The second-order valence-electron chi connectivity index (χ2n) is 3.94. The Kier molecular flexibility index (Phi) is 9.42. The summed E-state index contributed by atoms with van der Waals surface area (Å²) in [7, 11) is 2.09. The fourth-order valence-corrected chi connectivity index (χ4v) is 1.76. The van der Waals surface area contributed by atoms with Gasteiger partial charge in [0, 0.05) is 6.04 Å². The molecule has 0 heterocycles. The second-order valence-corrected chi connectivity index (χ2v) is 3.94. The molecule has 0 aliphatic carbocycles. The molecule has 0 aromatic carbocycles. The van der Waals surface area contributed by atoms with Crippen LogP contribution in [0, 0.1) is 0 Å². The Bertz CT molecular complexity index is 111. The van der Waals surface area contributed by atoms with E-state index >= 15 is 0 Å². The Hall–Kier alpha value is -0.0800. The van der Waals surface area contributed by atoms with Gasteiger partial charge in [-0.15, -0.1) is 0 Å². The molecule has 0 saturated heterocycles. The molecule has 0 fully saturated rings. The van der Waals surface area contributed by atoms with E-state index in [0.717, 1.165) is 6.04 Å². The predicted octanol–water partition coefficient (Wildman–Crippen LogP) is 2.50. The Morgan fingerprint density at radius 2 is 1.71 bits per heavy atom. The van der Waals surface area contributed by atoms with Gasteiger partial charge >= 0.3 is 0 Å². The third kappa shape index (κ3) is 6.39. The van der Waals surface area contributed by atoms with Crippen LogP contribution in [0.15, 0.2) is 0 Å². The van der Waals surface area contributed by atoms with Crippen molar-refractivity contribution in [1.29, 1.82) is 0 Å². The van der Waals surface area contributed by atoms with E-state index in [1.807, 2.05) is 0 Å². The van der Waals surface area contributed by atoms with Crippen molar-refractivity contribution in [1.82, 2.24) is 10.2 Å². The maximum atomic E-state index is 3.41. The standard InChI is InChI=1S/C12H28N2/c1-5-8-9-12(13-4)10-11-14(6-2)7-3/h12-13H,5-11H2,1-4H3. The smallest absolute Gasteiger partial charge is 0.00762 e. The highest BCUT2D eigenvalue weighted by Gasteiger charge is 2.07. The van der Waals surface area contributed by atoms with Crippen molar-refractivity contribution in [2.45, 2.75) is 52.5 Å². The SMILES string of the molecule is CCCCC(CCN(CC)CC)NC.